The monoisotopic (exact) mass is 292 g/mol. The van der Waals surface area contributed by atoms with Crippen molar-refractivity contribution in [3.05, 3.63) is 58.0 Å². The van der Waals surface area contributed by atoms with Gasteiger partial charge in [-0.2, -0.15) is 0 Å². The topological polar surface area (TPSA) is 32.3 Å². The first kappa shape index (κ1) is 14.5. The molecule has 3 nitrogen and oxygen atoms in total. The van der Waals surface area contributed by atoms with Crippen LogP contribution < -0.4 is 5.32 Å². The summed E-state index contributed by atoms with van der Waals surface area (Å²) in [5, 5.41) is 4.72. The van der Waals surface area contributed by atoms with Crippen molar-refractivity contribution in [3.8, 4) is 0 Å². The van der Waals surface area contributed by atoms with Gasteiger partial charge in [0.2, 0.25) is 0 Å². The molecular weight excluding hydrogens is 275 g/mol. The van der Waals surface area contributed by atoms with E-state index in [1.165, 1.54) is 6.07 Å². The lowest BCUT2D eigenvalue weighted by Gasteiger charge is -2.24. The molecule has 2 amide bonds. The first-order valence-electron chi connectivity index (χ1n) is 6.37. The van der Waals surface area contributed by atoms with Gasteiger partial charge in [0.05, 0.1) is 6.04 Å². The molecule has 20 heavy (non-hydrogen) atoms. The SMILES string of the molecule is CC(c1cccs1)N(C)C(=O)NCc1ccccc1F. The molecule has 0 aliphatic rings. The van der Waals surface area contributed by atoms with E-state index < -0.39 is 0 Å². The van der Waals surface area contributed by atoms with Gasteiger partial charge < -0.3 is 10.2 Å². The van der Waals surface area contributed by atoms with Crippen molar-refractivity contribution in [2.75, 3.05) is 7.05 Å². The molecule has 0 bridgehead atoms. The number of halogens is 1. The van der Waals surface area contributed by atoms with Gasteiger partial charge in [-0.3, -0.25) is 0 Å². The Morgan fingerprint density at radius 3 is 2.75 bits per heavy atom. The number of nitrogens with one attached hydrogen (secondary N) is 1. The van der Waals surface area contributed by atoms with Gasteiger partial charge in [0.15, 0.2) is 0 Å². The lowest BCUT2D eigenvalue weighted by atomic mass is 10.2. The fourth-order valence-corrected chi connectivity index (χ4v) is 2.66. The van der Waals surface area contributed by atoms with Crippen LogP contribution in [0.3, 0.4) is 0 Å². The molecule has 5 heteroatoms. The summed E-state index contributed by atoms with van der Waals surface area (Å²) >= 11 is 1.61. The van der Waals surface area contributed by atoms with E-state index in [1.807, 2.05) is 24.4 Å². The minimum Gasteiger partial charge on any atom is -0.334 e. The number of hydrogen-bond acceptors (Lipinski definition) is 2. The Morgan fingerprint density at radius 1 is 1.35 bits per heavy atom. The largest absolute Gasteiger partial charge is 0.334 e. The van der Waals surface area contributed by atoms with Crippen molar-refractivity contribution in [2.45, 2.75) is 19.5 Å². The highest BCUT2D eigenvalue weighted by Gasteiger charge is 2.17. The third kappa shape index (κ3) is 3.36. The number of rotatable bonds is 4. The zero-order valence-corrected chi connectivity index (χ0v) is 12.3. The highest BCUT2D eigenvalue weighted by Crippen LogP contribution is 2.23. The molecule has 0 aliphatic carbocycles. The normalized spacial score (nSPS) is 11.9. The molecule has 1 aromatic carbocycles. The van der Waals surface area contributed by atoms with Gasteiger partial charge in [0.25, 0.3) is 0 Å². The molecule has 0 radical (unpaired) electrons. The summed E-state index contributed by atoms with van der Waals surface area (Å²) in [6.07, 6.45) is 0. The van der Waals surface area contributed by atoms with Crippen LogP contribution in [-0.2, 0) is 6.54 Å². The molecule has 0 saturated heterocycles. The molecule has 2 aromatic rings. The number of benzene rings is 1. The first-order valence-corrected chi connectivity index (χ1v) is 7.25. The zero-order valence-electron chi connectivity index (χ0n) is 11.5. The van der Waals surface area contributed by atoms with Crippen LogP contribution in [0.5, 0.6) is 0 Å². The van der Waals surface area contributed by atoms with Gasteiger partial charge >= 0.3 is 6.03 Å². The number of urea groups is 1. The quantitative estimate of drug-likeness (QED) is 0.913. The van der Waals surface area contributed by atoms with Gasteiger partial charge in [-0.15, -0.1) is 11.3 Å². The molecule has 0 saturated carbocycles. The molecule has 1 N–H and O–H groups in total. The minimum absolute atomic E-state index is 0.00406. The van der Waals surface area contributed by atoms with Crippen LogP contribution in [0, 0.1) is 5.82 Å². The van der Waals surface area contributed by atoms with E-state index in [-0.39, 0.29) is 24.4 Å². The van der Waals surface area contributed by atoms with Gasteiger partial charge in [-0.25, -0.2) is 9.18 Å². The lowest BCUT2D eigenvalue weighted by molar-refractivity contribution is 0.194. The summed E-state index contributed by atoms with van der Waals surface area (Å²) in [4.78, 5) is 14.8. The van der Waals surface area contributed by atoms with Crippen LogP contribution in [0.1, 0.15) is 23.4 Å². The maximum Gasteiger partial charge on any atom is 0.317 e. The molecule has 1 aromatic heterocycles. The average molecular weight is 292 g/mol. The molecule has 0 aliphatic heterocycles. The molecule has 0 spiro atoms. The fourth-order valence-electron chi connectivity index (χ4n) is 1.83. The Balaban J connectivity index is 1.93. The van der Waals surface area contributed by atoms with E-state index in [0.29, 0.717) is 5.56 Å². The zero-order chi connectivity index (χ0) is 14.5. The lowest BCUT2D eigenvalue weighted by Crippen LogP contribution is -2.38. The molecule has 1 heterocycles. The molecular formula is C15H17FN2OS. The maximum absolute atomic E-state index is 13.5. The number of nitrogens with zero attached hydrogens (tertiary/aromatic N) is 1. The first-order chi connectivity index (χ1) is 9.59. The van der Waals surface area contributed by atoms with Crippen molar-refractivity contribution < 1.29 is 9.18 Å². The minimum atomic E-state index is -0.304. The van der Waals surface area contributed by atoms with Crippen molar-refractivity contribution in [1.82, 2.24) is 10.2 Å². The second kappa shape index (κ2) is 6.52. The third-order valence-electron chi connectivity index (χ3n) is 3.24. The standard InChI is InChI=1S/C15H17FN2OS/c1-11(14-8-5-9-20-14)18(2)15(19)17-10-12-6-3-4-7-13(12)16/h3-9,11H,10H2,1-2H3,(H,17,19). The van der Waals surface area contributed by atoms with Crippen molar-refractivity contribution >= 4 is 17.4 Å². The summed E-state index contributed by atoms with van der Waals surface area (Å²) in [6.45, 7) is 2.15. The Bertz CT molecular complexity index is 571. The number of hydrogen-bond donors (Lipinski definition) is 1. The van der Waals surface area contributed by atoms with Crippen LogP contribution in [0.4, 0.5) is 9.18 Å². The Morgan fingerprint density at radius 2 is 2.10 bits per heavy atom. The molecule has 0 fully saturated rings. The highest BCUT2D eigenvalue weighted by atomic mass is 32.1. The number of amides is 2. The summed E-state index contributed by atoms with van der Waals surface area (Å²) < 4.78 is 13.5. The molecule has 1 atom stereocenters. The fraction of sp³-hybridized carbons (Fsp3) is 0.267. The van der Waals surface area contributed by atoms with E-state index >= 15 is 0 Å². The summed E-state index contributed by atoms with van der Waals surface area (Å²) in [7, 11) is 1.74. The second-order valence-electron chi connectivity index (χ2n) is 4.55. The van der Waals surface area contributed by atoms with Crippen LogP contribution in [0.25, 0.3) is 0 Å². The number of carbonyl (C=O) groups is 1. The molecule has 106 valence electrons. The highest BCUT2D eigenvalue weighted by molar-refractivity contribution is 7.10. The van der Waals surface area contributed by atoms with Gasteiger partial charge in [0.1, 0.15) is 5.82 Å². The number of thiophene rings is 1. The van der Waals surface area contributed by atoms with Crippen molar-refractivity contribution in [1.29, 1.82) is 0 Å². The van der Waals surface area contributed by atoms with Gasteiger partial charge in [-0.05, 0) is 24.4 Å². The van der Waals surface area contributed by atoms with Gasteiger partial charge in [0, 0.05) is 24.0 Å². The van der Waals surface area contributed by atoms with Crippen molar-refractivity contribution in [3.63, 3.8) is 0 Å². The van der Waals surface area contributed by atoms with Crippen LogP contribution >= 0.6 is 11.3 Å². The van der Waals surface area contributed by atoms with E-state index in [0.717, 1.165) is 4.88 Å². The van der Waals surface area contributed by atoms with Crippen LogP contribution in [-0.4, -0.2) is 18.0 Å². The van der Waals surface area contributed by atoms with E-state index in [9.17, 15) is 9.18 Å². The third-order valence-corrected chi connectivity index (χ3v) is 4.29. The average Bonchev–Trinajstić information content (AvgIpc) is 2.98. The number of carbonyl (C=O) groups excluding carboxylic acids is 1. The van der Waals surface area contributed by atoms with Crippen molar-refractivity contribution in [2.24, 2.45) is 0 Å². The van der Waals surface area contributed by atoms with E-state index in [1.54, 1.807) is 41.5 Å². The summed E-state index contributed by atoms with van der Waals surface area (Å²) in [6, 6.07) is 10.2. The van der Waals surface area contributed by atoms with E-state index in [4.69, 9.17) is 0 Å². The predicted octanol–water partition coefficient (Wildman–Crippen LogP) is 3.79. The predicted molar refractivity (Wildman–Crippen MR) is 79.1 cm³/mol. The van der Waals surface area contributed by atoms with Crippen LogP contribution in [0.2, 0.25) is 0 Å². The van der Waals surface area contributed by atoms with Gasteiger partial charge in [-0.1, -0.05) is 24.3 Å². The Kier molecular flexibility index (Phi) is 4.74. The molecule has 1 unspecified atom stereocenters. The maximum atomic E-state index is 13.5. The summed E-state index contributed by atoms with van der Waals surface area (Å²) in [5.41, 5.74) is 0.484. The second-order valence-corrected chi connectivity index (χ2v) is 5.53. The van der Waals surface area contributed by atoms with Crippen LogP contribution in [0.15, 0.2) is 41.8 Å². The smallest absolute Gasteiger partial charge is 0.317 e. The summed E-state index contributed by atoms with van der Waals surface area (Å²) in [5.74, 6) is -0.304. The Labute approximate surface area is 122 Å². The molecule has 2 rings (SSSR count). The van der Waals surface area contributed by atoms with E-state index in [2.05, 4.69) is 5.32 Å². The Hall–Kier alpha value is -1.88.